The van der Waals surface area contributed by atoms with E-state index in [0.717, 1.165) is 10.7 Å². The molecule has 0 radical (unpaired) electrons. The fourth-order valence-electron chi connectivity index (χ4n) is 1.75. The number of halogens is 1. The Balaban J connectivity index is 1.76. The largest absolute Gasteiger partial charge is 0.377 e. The molecule has 0 aliphatic carbocycles. The van der Waals surface area contributed by atoms with Crippen molar-refractivity contribution in [2.75, 3.05) is 7.11 Å². The van der Waals surface area contributed by atoms with Crippen molar-refractivity contribution >= 4 is 34.5 Å². The molecule has 9 heteroatoms. The second-order valence-corrected chi connectivity index (χ2v) is 6.07. The summed E-state index contributed by atoms with van der Waals surface area (Å²) in [4.78, 5) is 16.0. The molecule has 21 heavy (non-hydrogen) atoms. The monoisotopic (exact) mass is 325 g/mol. The van der Waals surface area contributed by atoms with Crippen LogP contribution in [0.1, 0.15) is 23.9 Å². The van der Waals surface area contributed by atoms with E-state index in [9.17, 15) is 0 Å². The van der Waals surface area contributed by atoms with Crippen molar-refractivity contribution in [2.24, 2.45) is 0 Å². The third-order valence-electron chi connectivity index (χ3n) is 2.68. The van der Waals surface area contributed by atoms with E-state index in [2.05, 4.69) is 25.1 Å². The standard InChI is InChI=1S/C12H12ClN5O2S/c1-6(11-16-9(5-19-2)18-20-11)21-12-15-8-3-7(13)4-14-10(8)17-12/h3-4,6H,5H2,1-2H3,(H,14,15,17). The Morgan fingerprint density at radius 2 is 2.33 bits per heavy atom. The molecule has 110 valence electrons. The van der Waals surface area contributed by atoms with Gasteiger partial charge in [-0.25, -0.2) is 9.97 Å². The van der Waals surface area contributed by atoms with E-state index >= 15 is 0 Å². The minimum atomic E-state index is -0.0425. The van der Waals surface area contributed by atoms with Gasteiger partial charge in [-0.3, -0.25) is 0 Å². The highest BCUT2D eigenvalue weighted by Gasteiger charge is 2.17. The maximum Gasteiger partial charge on any atom is 0.240 e. The molecule has 0 spiro atoms. The average Bonchev–Trinajstić information content (AvgIpc) is 3.05. The minimum absolute atomic E-state index is 0.0425. The zero-order chi connectivity index (χ0) is 14.8. The molecule has 7 nitrogen and oxygen atoms in total. The number of H-pyrrole nitrogens is 1. The van der Waals surface area contributed by atoms with Crippen LogP contribution in [0.15, 0.2) is 21.9 Å². The third kappa shape index (κ3) is 3.17. The molecule has 0 saturated carbocycles. The number of nitrogens with zero attached hydrogens (tertiary/aromatic N) is 4. The van der Waals surface area contributed by atoms with Gasteiger partial charge in [-0.1, -0.05) is 28.5 Å². The van der Waals surface area contributed by atoms with Gasteiger partial charge in [0, 0.05) is 13.3 Å². The van der Waals surface area contributed by atoms with Gasteiger partial charge in [-0.15, -0.1) is 0 Å². The molecular weight excluding hydrogens is 314 g/mol. The summed E-state index contributed by atoms with van der Waals surface area (Å²) < 4.78 is 10.2. The predicted octanol–water partition coefficient (Wildman–Crippen LogP) is 2.99. The van der Waals surface area contributed by atoms with Crippen molar-refractivity contribution < 1.29 is 9.26 Å². The lowest BCUT2D eigenvalue weighted by Crippen LogP contribution is -1.93. The zero-order valence-corrected chi connectivity index (χ0v) is 12.9. The summed E-state index contributed by atoms with van der Waals surface area (Å²) in [6.45, 7) is 2.29. The maximum absolute atomic E-state index is 5.90. The normalized spacial score (nSPS) is 12.9. The Morgan fingerprint density at radius 1 is 1.48 bits per heavy atom. The number of aromatic nitrogens is 5. The van der Waals surface area contributed by atoms with Gasteiger partial charge in [0.1, 0.15) is 6.61 Å². The molecule has 1 unspecified atom stereocenters. The molecule has 1 N–H and O–H groups in total. The summed E-state index contributed by atoms with van der Waals surface area (Å²) in [6.07, 6.45) is 1.57. The van der Waals surface area contributed by atoms with Gasteiger partial charge in [0.15, 0.2) is 16.6 Å². The highest BCUT2D eigenvalue weighted by atomic mass is 35.5. The number of nitrogens with one attached hydrogen (secondary N) is 1. The number of thioether (sulfide) groups is 1. The quantitative estimate of drug-likeness (QED) is 0.721. The van der Waals surface area contributed by atoms with Crippen molar-refractivity contribution in [2.45, 2.75) is 23.9 Å². The summed E-state index contributed by atoms with van der Waals surface area (Å²) in [6, 6.07) is 1.79. The number of ether oxygens (including phenoxy) is 1. The van der Waals surface area contributed by atoms with Gasteiger partial charge < -0.3 is 14.2 Å². The van der Waals surface area contributed by atoms with E-state index in [-0.39, 0.29) is 5.25 Å². The van der Waals surface area contributed by atoms with Crippen LogP contribution in [-0.2, 0) is 11.3 Å². The molecule has 0 aromatic carbocycles. The number of hydrogen-bond acceptors (Lipinski definition) is 7. The minimum Gasteiger partial charge on any atom is -0.377 e. The number of methoxy groups -OCH3 is 1. The maximum atomic E-state index is 5.90. The molecule has 1 atom stereocenters. The van der Waals surface area contributed by atoms with Crippen molar-refractivity contribution in [3.8, 4) is 0 Å². The lowest BCUT2D eigenvalue weighted by atomic mass is 10.4. The molecule has 0 amide bonds. The van der Waals surface area contributed by atoms with Crippen molar-refractivity contribution in [1.29, 1.82) is 0 Å². The van der Waals surface area contributed by atoms with E-state index in [0.29, 0.717) is 29.0 Å². The number of pyridine rings is 1. The molecule has 3 aromatic rings. The van der Waals surface area contributed by atoms with Crippen molar-refractivity contribution in [1.82, 2.24) is 25.1 Å². The van der Waals surface area contributed by atoms with E-state index in [4.69, 9.17) is 20.9 Å². The first-order valence-electron chi connectivity index (χ1n) is 6.15. The van der Waals surface area contributed by atoms with E-state index in [1.54, 1.807) is 19.4 Å². The van der Waals surface area contributed by atoms with Gasteiger partial charge >= 0.3 is 0 Å². The van der Waals surface area contributed by atoms with Gasteiger partial charge in [-0.2, -0.15) is 4.98 Å². The Hall–Kier alpha value is -1.64. The Bertz CT molecular complexity index is 759. The van der Waals surface area contributed by atoms with Crippen LogP contribution in [0.3, 0.4) is 0 Å². The number of hydrogen-bond donors (Lipinski definition) is 1. The second-order valence-electron chi connectivity index (χ2n) is 4.31. The van der Waals surface area contributed by atoms with Gasteiger partial charge in [0.2, 0.25) is 5.89 Å². The predicted molar refractivity (Wildman–Crippen MR) is 78.2 cm³/mol. The zero-order valence-electron chi connectivity index (χ0n) is 11.3. The van der Waals surface area contributed by atoms with E-state index in [1.165, 1.54) is 11.8 Å². The van der Waals surface area contributed by atoms with E-state index in [1.807, 2.05) is 6.92 Å². The second kappa shape index (κ2) is 6.00. The summed E-state index contributed by atoms with van der Waals surface area (Å²) in [5.74, 6) is 1.05. The Labute approximate surface area is 129 Å². The summed E-state index contributed by atoms with van der Waals surface area (Å²) in [7, 11) is 1.58. The van der Waals surface area contributed by atoms with Gasteiger partial charge in [-0.05, 0) is 13.0 Å². The number of rotatable bonds is 5. The molecule has 0 saturated heterocycles. The lowest BCUT2D eigenvalue weighted by Gasteiger charge is -2.02. The van der Waals surface area contributed by atoms with Crippen LogP contribution in [0.2, 0.25) is 5.02 Å². The molecule has 0 aliphatic heterocycles. The topological polar surface area (TPSA) is 89.7 Å². The van der Waals surface area contributed by atoms with Gasteiger partial charge in [0.05, 0.1) is 15.8 Å². The van der Waals surface area contributed by atoms with Crippen LogP contribution >= 0.6 is 23.4 Å². The average molecular weight is 326 g/mol. The lowest BCUT2D eigenvalue weighted by molar-refractivity contribution is 0.174. The highest BCUT2D eigenvalue weighted by Crippen LogP contribution is 2.33. The van der Waals surface area contributed by atoms with Crippen LogP contribution in [0.25, 0.3) is 11.2 Å². The first-order chi connectivity index (χ1) is 10.2. The smallest absolute Gasteiger partial charge is 0.240 e. The van der Waals surface area contributed by atoms with Gasteiger partial charge in [0.25, 0.3) is 0 Å². The SMILES string of the molecule is COCc1noc(C(C)Sc2nc3ncc(Cl)cc3[nH]2)n1. The number of fused-ring (bicyclic) bond motifs is 1. The third-order valence-corrected chi connectivity index (χ3v) is 3.85. The van der Waals surface area contributed by atoms with Crippen LogP contribution in [-0.4, -0.2) is 32.2 Å². The number of imidazole rings is 1. The first kappa shape index (κ1) is 14.3. The van der Waals surface area contributed by atoms with Crippen LogP contribution in [0.4, 0.5) is 0 Å². The Kier molecular flexibility index (Phi) is 4.09. The van der Waals surface area contributed by atoms with Crippen LogP contribution < -0.4 is 0 Å². The molecular formula is C12H12ClN5O2S. The number of aromatic amines is 1. The van der Waals surface area contributed by atoms with Crippen molar-refractivity contribution in [3.63, 3.8) is 0 Å². The van der Waals surface area contributed by atoms with E-state index < -0.39 is 0 Å². The highest BCUT2D eigenvalue weighted by molar-refractivity contribution is 7.99. The summed E-state index contributed by atoms with van der Waals surface area (Å²) >= 11 is 7.37. The fourth-order valence-corrected chi connectivity index (χ4v) is 2.74. The summed E-state index contributed by atoms with van der Waals surface area (Å²) in [5.41, 5.74) is 1.42. The molecule has 3 aromatic heterocycles. The van der Waals surface area contributed by atoms with Crippen LogP contribution in [0.5, 0.6) is 0 Å². The molecule has 3 heterocycles. The van der Waals surface area contributed by atoms with Crippen LogP contribution in [0, 0.1) is 0 Å². The molecule has 0 fully saturated rings. The molecule has 0 aliphatic rings. The Morgan fingerprint density at radius 3 is 3.14 bits per heavy atom. The van der Waals surface area contributed by atoms with Crippen molar-refractivity contribution in [3.05, 3.63) is 29.0 Å². The summed E-state index contributed by atoms with van der Waals surface area (Å²) in [5, 5.41) is 5.08. The first-order valence-corrected chi connectivity index (χ1v) is 7.41. The molecule has 3 rings (SSSR count). The fraction of sp³-hybridized carbons (Fsp3) is 0.333. The molecule has 0 bridgehead atoms.